The molecule has 0 bridgehead atoms. The van der Waals surface area contributed by atoms with Crippen LogP contribution in [0.15, 0.2) is 42.5 Å². The van der Waals surface area contributed by atoms with Gasteiger partial charge in [0.2, 0.25) is 0 Å². The van der Waals surface area contributed by atoms with Gasteiger partial charge in [0, 0.05) is 13.6 Å². The summed E-state index contributed by atoms with van der Waals surface area (Å²) in [5.74, 6) is -2.06. The predicted molar refractivity (Wildman–Crippen MR) is 92.8 cm³/mol. The van der Waals surface area contributed by atoms with Gasteiger partial charge in [-0.05, 0) is 35.9 Å². The molecule has 0 radical (unpaired) electrons. The summed E-state index contributed by atoms with van der Waals surface area (Å²) in [6.07, 6.45) is 0. The number of hydrogen-bond acceptors (Lipinski definition) is 5. The fourth-order valence-electron chi connectivity index (χ4n) is 2.29. The van der Waals surface area contributed by atoms with Crippen LogP contribution in [0.3, 0.4) is 0 Å². The largest absolute Gasteiger partial charge is 0.494 e. The normalized spacial score (nSPS) is 10.5. The highest BCUT2D eigenvalue weighted by atomic mass is 19.3. The molecule has 150 valence electrons. The Kier molecular flexibility index (Phi) is 7.25. The van der Waals surface area contributed by atoms with Crippen LogP contribution in [-0.4, -0.2) is 44.2 Å². The Balaban J connectivity index is 1.90. The van der Waals surface area contributed by atoms with E-state index >= 15 is 0 Å². The van der Waals surface area contributed by atoms with Crippen molar-refractivity contribution in [3.8, 4) is 11.5 Å². The summed E-state index contributed by atoms with van der Waals surface area (Å²) < 4.78 is 52.1. The topological polar surface area (TPSA) is 65.1 Å². The predicted octanol–water partition coefficient (Wildman–Crippen LogP) is 3.25. The van der Waals surface area contributed by atoms with E-state index in [1.165, 1.54) is 49.4 Å². The molecule has 2 aromatic rings. The van der Waals surface area contributed by atoms with Gasteiger partial charge < -0.3 is 19.1 Å². The minimum absolute atomic E-state index is 0.0363. The number of carbonyl (C=O) groups excluding carboxylic acids is 2. The summed E-state index contributed by atoms with van der Waals surface area (Å²) in [6, 6.07) is 9.32. The van der Waals surface area contributed by atoms with Crippen molar-refractivity contribution in [2.24, 2.45) is 0 Å². The number of esters is 1. The quantitative estimate of drug-likeness (QED) is 0.640. The molecule has 6 nitrogen and oxygen atoms in total. The third-order valence-electron chi connectivity index (χ3n) is 3.68. The van der Waals surface area contributed by atoms with E-state index in [1.54, 1.807) is 6.07 Å². The van der Waals surface area contributed by atoms with Crippen LogP contribution in [0.2, 0.25) is 0 Å². The van der Waals surface area contributed by atoms with E-state index in [9.17, 15) is 22.8 Å². The molecule has 0 heterocycles. The zero-order valence-electron chi connectivity index (χ0n) is 15.2. The zero-order valence-corrected chi connectivity index (χ0v) is 15.2. The lowest BCUT2D eigenvalue weighted by Gasteiger charge is -2.17. The SMILES string of the molecule is COc1ccc(CN(C)C(=O)COC(=O)c2cccc(OC(F)F)c2)cc1F. The monoisotopic (exact) mass is 397 g/mol. The maximum Gasteiger partial charge on any atom is 0.387 e. The number of rotatable bonds is 8. The van der Waals surface area contributed by atoms with E-state index in [0.29, 0.717) is 5.56 Å². The van der Waals surface area contributed by atoms with Crippen molar-refractivity contribution in [2.75, 3.05) is 20.8 Å². The Morgan fingerprint density at radius 3 is 2.54 bits per heavy atom. The molecule has 0 saturated heterocycles. The number of methoxy groups -OCH3 is 1. The first-order valence-corrected chi connectivity index (χ1v) is 8.08. The fourth-order valence-corrected chi connectivity index (χ4v) is 2.29. The van der Waals surface area contributed by atoms with Crippen LogP contribution in [0.5, 0.6) is 11.5 Å². The molecular weight excluding hydrogens is 379 g/mol. The van der Waals surface area contributed by atoms with Crippen molar-refractivity contribution < 1.29 is 37.0 Å². The number of carbonyl (C=O) groups is 2. The molecule has 1 amide bonds. The van der Waals surface area contributed by atoms with Crippen molar-refractivity contribution in [3.05, 3.63) is 59.4 Å². The molecule has 9 heteroatoms. The molecule has 0 N–H and O–H groups in total. The standard InChI is InChI=1S/C19H18F3NO5/c1-23(10-12-6-7-16(26-2)15(20)8-12)17(24)11-27-18(25)13-4-3-5-14(9-13)28-19(21)22/h3-9,19H,10-11H2,1-2H3. The first-order valence-electron chi connectivity index (χ1n) is 8.08. The van der Waals surface area contributed by atoms with Gasteiger partial charge in [-0.3, -0.25) is 4.79 Å². The van der Waals surface area contributed by atoms with Crippen molar-refractivity contribution in [1.29, 1.82) is 0 Å². The average molecular weight is 397 g/mol. The molecule has 2 aromatic carbocycles. The summed E-state index contributed by atoms with van der Waals surface area (Å²) >= 11 is 0. The Labute approximate surface area is 159 Å². The second-order valence-electron chi connectivity index (χ2n) is 5.70. The summed E-state index contributed by atoms with van der Waals surface area (Å²) in [4.78, 5) is 25.3. The molecule has 0 aliphatic carbocycles. The molecule has 2 rings (SSSR count). The molecule has 0 aliphatic heterocycles. The second-order valence-corrected chi connectivity index (χ2v) is 5.70. The molecule has 0 aliphatic rings. The van der Waals surface area contributed by atoms with Crippen LogP contribution in [0.4, 0.5) is 13.2 Å². The Hall–Kier alpha value is -3.23. The maximum absolute atomic E-state index is 13.7. The Bertz CT molecular complexity index is 844. The summed E-state index contributed by atoms with van der Waals surface area (Å²) in [7, 11) is 2.81. The zero-order chi connectivity index (χ0) is 20.7. The molecule has 28 heavy (non-hydrogen) atoms. The van der Waals surface area contributed by atoms with Gasteiger partial charge in [0.25, 0.3) is 5.91 Å². The molecule has 0 fully saturated rings. The van der Waals surface area contributed by atoms with Crippen LogP contribution >= 0.6 is 0 Å². The first-order chi connectivity index (χ1) is 13.3. The number of ether oxygens (including phenoxy) is 3. The summed E-state index contributed by atoms with van der Waals surface area (Å²) in [5, 5.41) is 0. The third kappa shape index (κ3) is 5.90. The van der Waals surface area contributed by atoms with Crippen LogP contribution in [0, 0.1) is 5.82 Å². The Morgan fingerprint density at radius 1 is 1.14 bits per heavy atom. The number of nitrogens with zero attached hydrogens (tertiary/aromatic N) is 1. The van der Waals surface area contributed by atoms with Crippen molar-refractivity contribution in [3.63, 3.8) is 0 Å². The highest BCUT2D eigenvalue weighted by Crippen LogP contribution is 2.19. The van der Waals surface area contributed by atoms with Gasteiger partial charge in [0.1, 0.15) is 5.75 Å². The van der Waals surface area contributed by atoms with E-state index in [0.717, 1.165) is 6.07 Å². The van der Waals surface area contributed by atoms with Crippen LogP contribution in [0.25, 0.3) is 0 Å². The number of halogens is 3. The number of benzene rings is 2. The minimum Gasteiger partial charge on any atom is -0.494 e. The highest BCUT2D eigenvalue weighted by Gasteiger charge is 2.16. The van der Waals surface area contributed by atoms with Gasteiger partial charge in [-0.1, -0.05) is 12.1 Å². The van der Waals surface area contributed by atoms with Gasteiger partial charge in [-0.2, -0.15) is 8.78 Å². The lowest BCUT2D eigenvalue weighted by atomic mass is 10.2. The first kappa shape index (κ1) is 21.1. The second kappa shape index (κ2) is 9.63. The van der Waals surface area contributed by atoms with E-state index in [2.05, 4.69) is 4.74 Å². The number of alkyl halides is 2. The molecule has 0 spiro atoms. The van der Waals surface area contributed by atoms with E-state index < -0.39 is 30.9 Å². The number of hydrogen-bond donors (Lipinski definition) is 0. The maximum atomic E-state index is 13.7. The fraction of sp³-hybridized carbons (Fsp3) is 0.263. The smallest absolute Gasteiger partial charge is 0.387 e. The molecule has 0 saturated carbocycles. The molecule has 0 unspecified atom stereocenters. The number of likely N-dealkylation sites (N-methyl/N-ethyl adjacent to an activating group) is 1. The van der Waals surface area contributed by atoms with E-state index in [-0.39, 0.29) is 23.6 Å². The third-order valence-corrected chi connectivity index (χ3v) is 3.68. The molecular formula is C19H18F3NO5. The van der Waals surface area contributed by atoms with Crippen LogP contribution in [0.1, 0.15) is 15.9 Å². The minimum atomic E-state index is -3.02. The molecule has 0 aromatic heterocycles. The van der Waals surface area contributed by atoms with Gasteiger partial charge in [0.05, 0.1) is 12.7 Å². The summed E-state index contributed by atoms with van der Waals surface area (Å²) in [6.45, 7) is -3.49. The average Bonchev–Trinajstić information content (AvgIpc) is 2.65. The lowest BCUT2D eigenvalue weighted by molar-refractivity contribution is -0.133. The van der Waals surface area contributed by atoms with Crippen molar-refractivity contribution in [1.82, 2.24) is 4.90 Å². The van der Waals surface area contributed by atoms with Gasteiger partial charge in [-0.15, -0.1) is 0 Å². The lowest BCUT2D eigenvalue weighted by Crippen LogP contribution is -2.30. The van der Waals surface area contributed by atoms with Crippen LogP contribution in [-0.2, 0) is 16.1 Å². The van der Waals surface area contributed by atoms with Gasteiger partial charge in [-0.25, -0.2) is 9.18 Å². The number of amides is 1. The molecule has 0 atom stereocenters. The van der Waals surface area contributed by atoms with Crippen LogP contribution < -0.4 is 9.47 Å². The Morgan fingerprint density at radius 2 is 1.89 bits per heavy atom. The van der Waals surface area contributed by atoms with Crippen molar-refractivity contribution in [2.45, 2.75) is 13.2 Å². The van der Waals surface area contributed by atoms with E-state index in [1.807, 2.05) is 0 Å². The van der Waals surface area contributed by atoms with Gasteiger partial charge >= 0.3 is 12.6 Å². The summed E-state index contributed by atoms with van der Waals surface area (Å²) in [5.41, 5.74) is 0.489. The van der Waals surface area contributed by atoms with E-state index in [4.69, 9.17) is 9.47 Å². The highest BCUT2D eigenvalue weighted by molar-refractivity contribution is 5.91. The van der Waals surface area contributed by atoms with Crippen molar-refractivity contribution >= 4 is 11.9 Å². The van der Waals surface area contributed by atoms with Gasteiger partial charge in [0.15, 0.2) is 18.2 Å².